The molecule has 4 rings (SSSR count). The van der Waals surface area contributed by atoms with Gasteiger partial charge in [-0.3, -0.25) is 4.79 Å². The van der Waals surface area contributed by atoms with E-state index in [1.54, 1.807) is 30.4 Å². The summed E-state index contributed by atoms with van der Waals surface area (Å²) >= 11 is 0. The molecule has 2 heterocycles. The van der Waals surface area contributed by atoms with Gasteiger partial charge in [-0.15, -0.1) is 0 Å². The fourth-order valence-electron chi connectivity index (χ4n) is 5.74. The van der Waals surface area contributed by atoms with Gasteiger partial charge in [0.1, 0.15) is 17.3 Å². The minimum absolute atomic E-state index is 0.127. The molecule has 340 valence electrons. The predicted molar refractivity (Wildman–Crippen MR) is 265 cm³/mol. The second kappa shape index (κ2) is 32.9. The van der Waals surface area contributed by atoms with Crippen LogP contribution in [0.4, 0.5) is 15.8 Å². The Morgan fingerprint density at radius 3 is 2.25 bits per heavy atom. The third-order valence-electron chi connectivity index (χ3n) is 9.03. The fourth-order valence-corrected chi connectivity index (χ4v) is 5.74. The lowest BCUT2D eigenvalue weighted by Crippen LogP contribution is -2.38. The second-order valence-corrected chi connectivity index (χ2v) is 15.4. The smallest absolute Gasteiger partial charge is 0.158 e. The molecule has 0 bridgehead atoms. The third-order valence-corrected chi connectivity index (χ3v) is 9.03. The van der Waals surface area contributed by atoms with Gasteiger partial charge in [-0.25, -0.2) is 14.4 Å². The van der Waals surface area contributed by atoms with Gasteiger partial charge in [0.15, 0.2) is 11.6 Å². The maximum absolute atomic E-state index is 16.8. The molecule has 61 heavy (non-hydrogen) atoms. The van der Waals surface area contributed by atoms with Crippen LogP contribution in [0.5, 0.6) is 5.75 Å². The van der Waals surface area contributed by atoms with E-state index in [0.29, 0.717) is 46.8 Å². The summed E-state index contributed by atoms with van der Waals surface area (Å²) in [5.41, 5.74) is 5.45. The minimum Gasteiger partial charge on any atom is -0.457 e. The van der Waals surface area contributed by atoms with Gasteiger partial charge in [-0.05, 0) is 112 Å². The Labute approximate surface area is 371 Å². The monoisotopic (exact) mass is 843 g/mol. The number of halogens is 1. The first-order valence-corrected chi connectivity index (χ1v) is 22.8. The van der Waals surface area contributed by atoms with Crippen molar-refractivity contribution in [1.29, 1.82) is 0 Å². The van der Waals surface area contributed by atoms with Crippen molar-refractivity contribution < 1.29 is 13.9 Å². The summed E-state index contributed by atoms with van der Waals surface area (Å²) in [5.74, 6) is 3.06. The van der Waals surface area contributed by atoms with Gasteiger partial charge in [0.05, 0.1) is 16.9 Å². The summed E-state index contributed by atoms with van der Waals surface area (Å²) in [4.78, 5) is 17.1. The number of nitrogens with zero attached hydrogens (tertiary/aromatic N) is 4. The van der Waals surface area contributed by atoms with Gasteiger partial charge < -0.3 is 20.3 Å². The zero-order valence-corrected chi connectivity index (χ0v) is 40.8. The van der Waals surface area contributed by atoms with Crippen molar-refractivity contribution in [2.75, 3.05) is 29.9 Å². The van der Waals surface area contributed by atoms with Crippen LogP contribution in [-0.2, 0) is 11.3 Å². The van der Waals surface area contributed by atoms with Crippen LogP contribution in [0.1, 0.15) is 151 Å². The molecule has 8 nitrogen and oxygen atoms in total. The van der Waals surface area contributed by atoms with E-state index in [-0.39, 0.29) is 11.6 Å². The first kappa shape index (κ1) is 56.2. The Bertz CT molecular complexity index is 1770. The van der Waals surface area contributed by atoms with Crippen LogP contribution < -0.4 is 20.3 Å². The summed E-state index contributed by atoms with van der Waals surface area (Å²) in [6, 6.07) is 7.94. The maximum Gasteiger partial charge on any atom is 0.158 e. The summed E-state index contributed by atoms with van der Waals surface area (Å²) in [6.45, 7) is 37.9. The topological polar surface area (TPSA) is 81.6 Å². The first-order valence-electron chi connectivity index (χ1n) is 22.8. The van der Waals surface area contributed by atoms with Crippen LogP contribution in [0.3, 0.4) is 0 Å². The van der Waals surface area contributed by atoms with Crippen LogP contribution in [0.15, 0.2) is 95.2 Å². The number of aliphatic imine (C=N–C) groups is 1. The highest BCUT2D eigenvalue weighted by molar-refractivity contribution is 6.10. The van der Waals surface area contributed by atoms with Crippen LogP contribution >= 0.6 is 0 Å². The van der Waals surface area contributed by atoms with Crippen molar-refractivity contribution in [1.82, 2.24) is 10.3 Å². The highest BCUT2D eigenvalue weighted by atomic mass is 19.1. The average Bonchev–Trinajstić information content (AvgIpc) is 3.21. The number of ketones is 1. The van der Waals surface area contributed by atoms with Gasteiger partial charge in [0.25, 0.3) is 0 Å². The van der Waals surface area contributed by atoms with E-state index in [2.05, 4.69) is 88.7 Å². The number of hydrogen-bond donors (Lipinski definition) is 2. The number of fused-ring (bicyclic) bond motifs is 1. The molecule has 2 N–H and O–H groups in total. The standard InChI is InChI=1S/C36H47FN6O.C6H10O.C5H12.C3H8.C2H6/c1-8-11-16-39-36(33-27(6)19-29-23-38-22-25(4)24-42(17-12-9-2)35(29)34(33)37)41-30-13-14-32(26(5)20-30)44-31-15-18-43(40-10-3)28(7)21-31;1-3-4-5-6(2)7;1-4-5(2)3;1-3-2;1-2/h10-11,13-16,18-21,25,38H,7-9,12,17,22-24H2,1-6H3,(H,39,41);4-5H,3H2,1-2H3;5H,4H2,1-3H3;3H2,1-2H3;1-2H3/b16-11+,40-10-;5-4+;;;. The molecular weight excluding hydrogens is 760 g/mol. The molecule has 2 aliphatic heterocycles. The van der Waals surface area contributed by atoms with Gasteiger partial charge in [0, 0.05) is 50.0 Å². The molecule has 0 amide bonds. The van der Waals surface area contributed by atoms with Crippen LogP contribution in [-0.4, -0.2) is 42.5 Å². The Morgan fingerprint density at radius 2 is 1.72 bits per heavy atom. The number of hydrazone groups is 1. The molecule has 0 radical (unpaired) electrons. The highest BCUT2D eigenvalue weighted by Gasteiger charge is 2.26. The number of anilines is 2. The molecule has 1 unspecified atom stereocenters. The highest BCUT2D eigenvalue weighted by Crippen LogP contribution is 2.33. The third kappa shape index (κ3) is 21.5. The van der Waals surface area contributed by atoms with Crippen molar-refractivity contribution in [2.45, 2.75) is 149 Å². The first-order chi connectivity index (χ1) is 29.2. The van der Waals surface area contributed by atoms with E-state index in [9.17, 15) is 4.79 Å². The van der Waals surface area contributed by atoms with Crippen LogP contribution in [0.2, 0.25) is 0 Å². The fraction of sp³-hybridized carbons (Fsp3) is 0.519. The summed E-state index contributed by atoms with van der Waals surface area (Å²) in [6.07, 6.45) is 20.8. The normalized spacial score (nSPS) is 15.0. The van der Waals surface area contributed by atoms with Gasteiger partial charge >= 0.3 is 0 Å². The molecule has 0 aromatic heterocycles. The van der Waals surface area contributed by atoms with Crippen molar-refractivity contribution >= 4 is 29.2 Å². The number of amidine groups is 1. The minimum atomic E-state index is -0.225. The maximum atomic E-state index is 16.8. The molecule has 9 heteroatoms. The van der Waals surface area contributed by atoms with Gasteiger partial charge in [-0.1, -0.05) is 120 Å². The van der Waals surface area contributed by atoms with Crippen molar-refractivity contribution in [3.63, 3.8) is 0 Å². The summed E-state index contributed by atoms with van der Waals surface area (Å²) < 4.78 is 23.0. The van der Waals surface area contributed by atoms with Crippen molar-refractivity contribution in [2.24, 2.45) is 21.9 Å². The van der Waals surface area contributed by atoms with E-state index in [1.807, 2.05) is 90.2 Å². The van der Waals surface area contributed by atoms with Crippen molar-refractivity contribution in [3.05, 3.63) is 113 Å². The molecule has 0 spiro atoms. The number of rotatable bonds is 13. The Kier molecular flexibility index (Phi) is 30.4. The Morgan fingerprint density at radius 1 is 1.07 bits per heavy atom. The van der Waals surface area contributed by atoms with E-state index in [0.717, 1.165) is 73.6 Å². The molecule has 1 atom stereocenters. The number of allylic oxidation sites excluding steroid dienone is 5. The predicted octanol–water partition coefficient (Wildman–Crippen LogP) is 14.2. The number of nitrogens with one attached hydrogen (secondary N) is 2. The number of unbranched alkanes of at least 4 members (excludes halogenated alkanes) is 1. The van der Waals surface area contributed by atoms with E-state index in [4.69, 9.17) is 9.73 Å². The number of carbonyl (C=O) groups excluding carboxylic acids is 1. The number of aryl methyl sites for hydroxylation is 2. The molecule has 0 saturated carbocycles. The van der Waals surface area contributed by atoms with Crippen LogP contribution in [0, 0.1) is 31.5 Å². The molecule has 0 saturated heterocycles. The SMILES string of the molecule is C=C1C=C(Oc2ccc(NC(=N/C=C/CC)c3c(C)cc4c(c3F)N(CCCC)CC(C)CNC4)cc2C)C=CN1/N=C\C.CC.CC/C=C/C(C)=O.CCC.CCC(C)C. The second-order valence-electron chi connectivity index (χ2n) is 15.4. The molecule has 2 aromatic rings. The molecule has 0 aliphatic carbocycles. The molecule has 2 aromatic carbocycles. The molecule has 0 fully saturated rings. The van der Waals surface area contributed by atoms with Gasteiger partial charge in [-0.2, -0.15) is 5.10 Å². The number of hydrogen-bond acceptors (Lipinski definition) is 7. The zero-order valence-electron chi connectivity index (χ0n) is 40.8. The number of ether oxygens (including phenoxy) is 1. The summed E-state index contributed by atoms with van der Waals surface area (Å²) in [7, 11) is 0. The zero-order chi connectivity index (χ0) is 46.3. The largest absolute Gasteiger partial charge is 0.457 e. The lowest BCUT2D eigenvalue weighted by molar-refractivity contribution is -0.112. The lowest BCUT2D eigenvalue weighted by atomic mass is 9.97. The average molecular weight is 843 g/mol. The Balaban J connectivity index is 0.00000180. The van der Waals surface area contributed by atoms with E-state index in [1.165, 1.54) is 12.8 Å². The van der Waals surface area contributed by atoms with Crippen LogP contribution in [0.25, 0.3) is 0 Å². The Hall–Kier alpha value is -4.76. The quantitative estimate of drug-likeness (QED) is 0.119. The molecule has 2 aliphatic rings. The van der Waals surface area contributed by atoms with E-state index < -0.39 is 0 Å². The van der Waals surface area contributed by atoms with Crippen molar-refractivity contribution in [3.8, 4) is 5.75 Å². The number of benzene rings is 2. The number of carbonyl (C=O) groups is 1. The van der Waals surface area contributed by atoms with E-state index >= 15 is 4.39 Å². The molecular formula is C52H83FN6O2. The van der Waals surface area contributed by atoms with Gasteiger partial charge in [0.2, 0.25) is 0 Å². The summed E-state index contributed by atoms with van der Waals surface area (Å²) in [5, 5.41) is 12.9. The lowest BCUT2D eigenvalue weighted by Gasteiger charge is -2.34.